The maximum absolute atomic E-state index is 12.1. The second-order valence-corrected chi connectivity index (χ2v) is 5.69. The number of nitrogens with one attached hydrogen (secondary N) is 1. The van der Waals surface area contributed by atoms with Gasteiger partial charge in [-0.15, -0.1) is 11.8 Å². The van der Waals surface area contributed by atoms with Gasteiger partial charge in [-0.3, -0.25) is 4.79 Å². The van der Waals surface area contributed by atoms with Crippen molar-refractivity contribution in [3.8, 4) is 0 Å². The highest BCUT2D eigenvalue weighted by Crippen LogP contribution is 2.24. The summed E-state index contributed by atoms with van der Waals surface area (Å²) in [6.07, 6.45) is 2.41. The van der Waals surface area contributed by atoms with E-state index in [1.165, 1.54) is 11.1 Å². The number of carbonyl (C=O) groups excluding carboxylic acids is 1. The van der Waals surface area contributed by atoms with Crippen LogP contribution >= 0.6 is 11.8 Å². The summed E-state index contributed by atoms with van der Waals surface area (Å²) in [6, 6.07) is 14.0. The van der Waals surface area contributed by atoms with Gasteiger partial charge >= 0.3 is 0 Å². The molecule has 0 saturated heterocycles. The molecule has 0 saturated carbocycles. The van der Waals surface area contributed by atoms with Crippen LogP contribution in [0, 0.1) is 13.8 Å². The third-order valence-electron chi connectivity index (χ3n) is 3.32. The van der Waals surface area contributed by atoms with E-state index >= 15 is 0 Å². The average Bonchev–Trinajstić information content (AvgIpc) is 2.43. The number of hydrogen-bond donors (Lipinski definition) is 1. The molecule has 20 heavy (non-hydrogen) atoms. The van der Waals surface area contributed by atoms with E-state index in [0.29, 0.717) is 6.42 Å². The molecular weight excluding hydrogens is 266 g/mol. The summed E-state index contributed by atoms with van der Waals surface area (Å²) in [6.45, 7) is 4.15. The van der Waals surface area contributed by atoms with E-state index in [0.717, 1.165) is 16.1 Å². The number of rotatable bonds is 4. The van der Waals surface area contributed by atoms with Crippen molar-refractivity contribution in [2.75, 3.05) is 11.6 Å². The lowest BCUT2D eigenvalue weighted by Crippen LogP contribution is -2.15. The van der Waals surface area contributed by atoms with Crippen LogP contribution in [0.15, 0.2) is 47.4 Å². The lowest BCUT2D eigenvalue weighted by atomic mass is 10.0. The minimum Gasteiger partial charge on any atom is -0.325 e. The van der Waals surface area contributed by atoms with Gasteiger partial charge in [0.25, 0.3) is 0 Å². The topological polar surface area (TPSA) is 29.1 Å². The van der Waals surface area contributed by atoms with Crippen LogP contribution in [0.25, 0.3) is 0 Å². The van der Waals surface area contributed by atoms with Crippen LogP contribution in [0.5, 0.6) is 0 Å². The van der Waals surface area contributed by atoms with Gasteiger partial charge in [0.1, 0.15) is 0 Å². The fraction of sp³-hybridized carbons (Fsp3) is 0.235. The van der Waals surface area contributed by atoms with Gasteiger partial charge in [-0.1, -0.05) is 30.3 Å². The Hall–Kier alpha value is -1.74. The minimum atomic E-state index is 0.0229. The van der Waals surface area contributed by atoms with Crippen LogP contribution in [-0.2, 0) is 11.2 Å². The van der Waals surface area contributed by atoms with E-state index in [4.69, 9.17) is 0 Å². The lowest BCUT2D eigenvalue weighted by Gasteiger charge is -2.10. The average molecular weight is 285 g/mol. The highest BCUT2D eigenvalue weighted by atomic mass is 32.2. The normalized spacial score (nSPS) is 10.3. The van der Waals surface area contributed by atoms with Crippen LogP contribution in [0.1, 0.15) is 16.7 Å². The van der Waals surface area contributed by atoms with E-state index in [-0.39, 0.29) is 5.91 Å². The molecule has 0 spiro atoms. The first-order valence-electron chi connectivity index (χ1n) is 6.59. The van der Waals surface area contributed by atoms with E-state index in [9.17, 15) is 4.79 Å². The Kier molecular flexibility index (Phi) is 4.85. The number of amides is 1. The number of aryl methyl sites for hydroxylation is 2. The SMILES string of the molecule is CSc1ccccc1NC(=O)Cc1ccc(C)c(C)c1. The summed E-state index contributed by atoms with van der Waals surface area (Å²) in [5.41, 5.74) is 4.41. The van der Waals surface area contributed by atoms with Gasteiger partial charge in [0.2, 0.25) is 5.91 Å². The molecule has 2 nitrogen and oxygen atoms in total. The van der Waals surface area contributed by atoms with Crippen LogP contribution in [0.3, 0.4) is 0 Å². The summed E-state index contributed by atoms with van der Waals surface area (Å²) >= 11 is 1.63. The fourth-order valence-electron chi connectivity index (χ4n) is 2.04. The molecule has 0 heterocycles. The number of benzene rings is 2. The molecule has 1 N–H and O–H groups in total. The van der Waals surface area contributed by atoms with E-state index < -0.39 is 0 Å². The molecule has 2 aromatic carbocycles. The maximum atomic E-state index is 12.1. The van der Waals surface area contributed by atoms with E-state index in [2.05, 4.69) is 31.3 Å². The molecular formula is C17H19NOS. The monoisotopic (exact) mass is 285 g/mol. The Bertz CT molecular complexity index is 622. The summed E-state index contributed by atoms with van der Waals surface area (Å²) in [5.74, 6) is 0.0229. The van der Waals surface area contributed by atoms with Crippen LogP contribution < -0.4 is 5.32 Å². The fourth-order valence-corrected chi connectivity index (χ4v) is 2.59. The van der Waals surface area contributed by atoms with Crippen molar-refractivity contribution in [1.29, 1.82) is 0 Å². The quantitative estimate of drug-likeness (QED) is 0.853. The number of anilines is 1. The third kappa shape index (κ3) is 3.64. The number of carbonyl (C=O) groups is 1. The van der Waals surface area contributed by atoms with Crippen molar-refractivity contribution < 1.29 is 4.79 Å². The first-order valence-corrected chi connectivity index (χ1v) is 7.81. The van der Waals surface area contributed by atoms with Crippen molar-refractivity contribution in [2.24, 2.45) is 0 Å². The number of para-hydroxylation sites is 1. The van der Waals surface area contributed by atoms with Gasteiger partial charge in [0.15, 0.2) is 0 Å². The van der Waals surface area contributed by atoms with Gasteiger partial charge < -0.3 is 5.32 Å². The summed E-state index contributed by atoms with van der Waals surface area (Å²) in [4.78, 5) is 13.2. The second kappa shape index (κ2) is 6.62. The van der Waals surface area contributed by atoms with Gasteiger partial charge in [-0.2, -0.15) is 0 Å². The molecule has 3 heteroatoms. The largest absolute Gasteiger partial charge is 0.325 e. The molecule has 0 aromatic heterocycles. The maximum Gasteiger partial charge on any atom is 0.228 e. The lowest BCUT2D eigenvalue weighted by molar-refractivity contribution is -0.115. The van der Waals surface area contributed by atoms with Crippen molar-refractivity contribution in [3.63, 3.8) is 0 Å². The van der Waals surface area contributed by atoms with Crippen molar-refractivity contribution >= 4 is 23.4 Å². The van der Waals surface area contributed by atoms with E-state index in [1.807, 2.05) is 36.6 Å². The molecule has 0 bridgehead atoms. The molecule has 104 valence electrons. The Morgan fingerprint density at radius 3 is 2.55 bits per heavy atom. The van der Waals surface area contributed by atoms with Crippen LogP contribution in [0.4, 0.5) is 5.69 Å². The van der Waals surface area contributed by atoms with Gasteiger partial charge in [0, 0.05) is 4.90 Å². The molecule has 0 atom stereocenters. The van der Waals surface area contributed by atoms with Crippen LogP contribution in [0.2, 0.25) is 0 Å². The number of hydrogen-bond acceptors (Lipinski definition) is 2. The smallest absolute Gasteiger partial charge is 0.228 e. The van der Waals surface area contributed by atoms with Gasteiger partial charge in [-0.25, -0.2) is 0 Å². The standard InChI is InChI=1S/C17H19NOS/c1-12-8-9-14(10-13(12)2)11-17(19)18-15-6-4-5-7-16(15)20-3/h4-10H,11H2,1-3H3,(H,18,19). The van der Waals surface area contributed by atoms with Crippen molar-refractivity contribution in [2.45, 2.75) is 25.2 Å². The molecule has 2 aromatic rings. The zero-order valence-electron chi connectivity index (χ0n) is 12.1. The predicted molar refractivity (Wildman–Crippen MR) is 86.5 cm³/mol. The Morgan fingerprint density at radius 2 is 1.85 bits per heavy atom. The molecule has 0 aliphatic carbocycles. The summed E-state index contributed by atoms with van der Waals surface area (Å²) < 4.78 is 0. The molecule has 0 aliphatic rings. The molecule has 2 rings (SSSR count). The van der Waals surface area contributed by atoms with Crippen molar-refractivity contribution in [3.05, 3.63) is 59.2 Å². The Labute approximate surface area is 124 Å². The first-order chi connectivity index (χ1) is 9.60. The zero-order valence-corrected chi connectivity index (χ0v) is 12.9. The minimum absolute atomic E-state index is 0.0229. The summed E-state index contributed by atoms with van der Waals surface area (Å²) in [5, 5.41) is 2.98. The molecule has 0 unspecified atom stereocenters. The Balaban J connectivity index is 2.07. The van der Waals surface area contributed by atoms with E-state index in [1.54, 1.807) is 11.8 Å². The number of thioether (sulfide) groups is 1. The molecule has 0 aliphatic heterocycles. The molecule has 0 fully saturated rings. The van der Waals surface area contributed by atoms with Gasteiger partial charge in [-0.05, 0) is 48.9 Å². The second-order valence-electron chi connectivity index (χ2n) is 4.84. The highest BCUT2D eigenvalue weighted by Gasteiger charge is 2.07. The van der Waals surface area contributed by atoms with Crippen LogP contribution in [-0.4, -0.2) is 12.2 Å². The third-order valence-corrected chi connectivity index (χ3v) is 4.11. The van der Waals surface area contributed by atoms with Crippen molar-refractivity contribution in [1.82, 2.24) is 0 Å². The Morgan fingerprint density at radius 1 is 1.10 bits per heavy atom. The first kappa shape index (κ1) is 14.7. The predicted octanol–water partition coefficient (Wildman–Crippen LogP) is 4.21. The molecule has 0 radical (unpaired) electrons. The highest BCUT2D eigenvalue weighted by molar-refractivity contribution is 7.98. The zero-order chi connectivity index (χ0) is 14.5. The summed E-state index contributed by atoms with van der Waals surface area (Å²) in [7, 11) is 0. The van der Waals surface area contributed by atoms with Gasteiger partial charge in [0.05, 0.1) is 12.1 Å². The molecule has 1 amide bonds.